The number of nitrogens with zero attached hydrogens (tertiary/aromatic N) is 1. The first-order chi connectivity index (χ1) is 10.6. The number of benzene rings is 2. The van der Waals surface area contributed by atoms with Crippen molar-refractivity contribution in [2.45, 2.75) is 6.92 Å². The highest BCUT2D eigenvalue weighted by Crippen LogP contribution is 2.35. The molecule has 0 saturated heterocycles. The number of rotatable bonds is 3. The maximum atomic E-state index is 6.29. The summed E-state index contributed by atoms with van der Waals surface area (Å²) in [5.74, 6) is 1.59. The number of halogens is 2. The number of aromatic nitrogens is 2. The summed E-state index contributed by atoms with van der Waals surface area (Å²) in [7, 11) is 1.64. The first-order valence-electron chi connectivity index (χ1n) is 6.75. The Bertz CT molecular complexity index is 810. The maximum Gasteiger partial charge on any atom is 0.138 e. The number of hydrogen-bond donors (Lipinski definition) is 1. The average Bonchev–Trinajstić information content (AvgIpc) is 2.92. The Morgan fingerprint density at radius 3 is 2.45 bits per heavy atom. The van der Waals surface area contributed by atoms with Crippen molar-refractivity contribution >= 4 is 23.2 Å². The third-order valence-electron chi connectivity index (χ3n) is 3.45. The molecule has 1 heterocycles. The van der Waals surface area contributed by atoms with Gasteiger partial charge < -0.3 is 9.72 Å². The third kappa shape index (κ3) is 2.70. The van der Waals surface area contributed by atoms with Gasteiger partial charge in [0.15, 0.2) is 0 Å². The van der Waals surface area contributed by atoms with Gasteiger partial charge in [0.05, 0.1) is 22.8 Å². The highest BCUT2D eigenvalue weighted by atomic mass is 35.5. The molecule has 22 heavy (non-hydrogen) atoms. The number of hydrogen-bond acceptors (Lipinski definition) is 2. The lowest BCUT2D eigenvalue weighted by molar-refractivity contribution is 0.415. The van der Waals surface area contributed by atoms with Crippen LogP contribution in [0.3, 0.4) is 0 Å². The number of aryl methyl sites for hydroxylation is 1. The minimum atomic E-state index is 0.514. The zero-order valence-electron chi connectivity index (χ0n) is 12.2. The summed E-state index contributed by atoms with van der Waals surface area (Å²) in [6.07, 6.45) is 0. The highest BCUT2D eigenvalue weighted by molar-refractivity contribution is 6.43. The molecule has 0 amide bonds. The monoisotopic (exact) mass is 332 g/mol. The number of imidazole rings is 1. The molecule has 0 aliphatic carbocycles. The van der Waals surface area contributed by atoms with Gasteiger partial charge in [0, 0.05) is 16.8 Å². The Hall–Kier alpha value is -1.97. The van der Waals surface area contributed by atoms with Gasteiger partial charge >= 0.3 is 0 Å². The van der Waals surface area contributed by atoms with E-state index in [-0.39, 0.29) is 0 Å². The Balaban J connectivity index is 2.05. The normalized spacial score (nSPS) is 10.7. The Morgan fingerprint density at radius 1 is 1.05 bits per heavy atom. The van der Waals surface area contributed by atoms with Gasteiger partial charge in [-0.1, -0.05) is 35.3 Å². The van der Waals surface area contributed by atoms with E-state index >= 15 is 0 Å². The van der Waals surface area contributed by atoms with Crippen molar-refractivity contribution < 1.29 is 4.74 Å². The van der Waals surface area contributed by atoms with Gasteiger partial charge in [-0.05, 0) is 37.3 Å². The standard InChI is InChI=1S/C17H14Cl2N2O/c1-10-16(13-4-3-5-14(18)15(13)19)21-17(20-10)11-6-8-12(22-2)9-7-11/h3-9H,1-2H3,(H,20,21). The van der Waals surface area contributed by atoms with Gasteiger partial charge in [-0.2, -0.15) is 0 Å². The van der Waals surface area contributed by atoms with Crippen LogP contribution in [0.15, 0.2) is 42.5 Å². The fourth-order valence-corrected chi connectivity index (χ4v) is 2.68. The third-order valence-corrected chi connectivity index (χ3v) is 4.27. The number of ether oxygens (including phenoxy) is 1. The van der Waals surface area contributed by atoms with Gasteiger partial charge in [-0.15, -0.1) is 0 Å². The first-order valence-corrected chi connectivity index (χ1v) is 7.51. The van der Waals surface area contributed by atoms with Crippen LogP contribution in [0.5, 0.6) is 5.75 Å². The molecule has 0 fully saturated rings. The molecule has 0 saturated carbocycles. The second-order valence-corrected chi connectivity index (χ2v) is 5.67. The van der Waals surface area contributed by atoms with Crippen LogP contribution in [0.4, 0.5) is 0 Å². The predicted molar refractivity (Wildman–Crippen MR) is 90.8 cm³/mol. The predicted octanol–water partition coefficient (Wildman–Crippen LogP) is 5.37. The maximum absolute atomic E-state index is 6.29. The molecule has 3 aromatic rings. The van der Waals surface area contributed by atoms with Gasteiger partial charge in [0.25, 0.3) is 0 Å². The van der Waals surface area contributed by atoms with E-state index in [2.05, 4.69) is 9.97 Å². The number of H-pyrrole nitrogens is 1. The van der Waals surface area contributed by atoms with Crippen molar-refractivity contribution in [3.8, 4) is 28.4 Å². The van der Waals surface area contributed by atoms with Crippen LogP contribution in [0.2, 0.25) is 10.0 Å². The Kier molecular flexibility index (Phi) is 4.10. The van der Waals surface area contributed by atoms with Gasteiger partial charge in [0.2, 0.25) is 0 Å². The molecule has 2 aromatic carbocycles. The lowest BCUT2D eigenvalue weighted by atomic mass is 10.1. The van der Waals surface area contributed by atoms with E-state index in [9.17, 15) is 0 Å². The molecular formula is C17H14Cl2N2O. The van der Waals surface area contributed by atoms with E-state index in [0.29, 0.717) is 10.0 Å². The molecule has 0 aliphatic rings. The largest absolute Gasteiger partial charge is 0.497 e. The molecule has 5 heteroatoms. The number of aromatic amines is 1. The highest BCUT2D eigenvalue weighted by Gasteiger charge is 2.14. The summed E-state index contributed by atoms with van der Waals surface area (Å²) in [6, 6.07) is 13.3. The smallest absolute Gasteiger partial charge is 0.138 e. The quantitative estimate of drug-likeness (QED) is 0.700. The van der Waals surface area contributed by atoms with Crippen LogP contribution < -0.4 is 4.74 Å². The summed E-state index contributed by atoms with van der Waals surface area (Å²) in [6.45, 7) is 1.96. The van der Waals surface area contributed by atoms with Crippen molar-refractivity contribution in [3.05, 3.63) is 58.2 Å². The fraction of sp³-hybridized carbons (Fsp3) is 0.118. The van der Waals surface area contributed by atoms with Crippen molar-refractivity contribution in [2.24, 2.45) is 0 Å². The molecular weight excluding hydrogens is 319 g/mol. The summed E-state index contributed by atoms with van der Waals surface area (Å²) in [4.78, 5) is 7.96. The fourth-order valence-electron chi connectivity index (χ4n) is 2.29. The van der Waals surface area contributed by atoms with E-state index < -0.39 is 0 Å². The molecule has 1 N–H and O–H groups in total. The van der Waals surface area contributed by atoms with Crippen LogP contribution in [0.25, 0.3) is 22.6 Å². The van der Waals surface area contributed by atoms with Crippen LogP contribution >= 0.6 is 23.2 Å². The minimum absolute atomic E-state index is 0.514. The summed E-state index contributed by atoms with van der Waals surface area (Å²) >= 11 is 12.4. The SMILES string of the molecule is COc1ccc(-c2nc(-c3cccc(Cl)c3Cl)c(C)[nH]2)cc1. The van der Waals surface area contributed by atoms with E-state index in [0.717, 1.165) is 34.1 Å². The molecule has 3 nitrogen and oxygen atoms in total. The second-order valence-electron chi connectivity index (χ2n) is 4.89. The average molecular weight is 333 g/mol. The van der Waals surface area contributed by atoms with Crippen LogP contribution in [0, 0.1) is 6.92 Å². The van der Waals surface area contributed by atoms with Gasteiger partial charge in [0.1, 0.15) is 11.6 Å². The molecule has 0 atom stereocenters. The number of nitrogens with one attached hydrogen (secondary N) is 1. The molecule has 3 rings (SSSR count). The molecule has 112 valence electrons. The lowest BCUT2D eigenvalue weighted by Crippen LogP contribution is -1.85. The summed E-state index contributed by atoms with van der Waals surface area (Å²) in [5.41, 5.74) is 3.55. The van der Waals surface area contributed by atoms with Crippen molar-refractivity contribution in [1.82, 2.24) is 9.97 Å². The second kappa shape index (κ2) is 6.03. The van der Waals surface area contributed by atoms with Crippen molar-refractivity contribution in [1.29, 1.82) is 0 Å². The lowest BCUT2D eigenvalue weighted by Gasteiger charge is -2.03. The van der Waals surface area contributed by atoms with E-state index in [1.807, 2.05) is 43.3 Å². The summed E-state index contributed by atoms with van der Waals surface area (Å²) < 4.78 is 5.17. The van der Waals surface area contributed by atoms with Crippen LogP contribution in [-0.2, 0) is 0 Å². The van der Waals surface area contributed by atoms with Crippen molar-refractivity contribution in [3.63, 3.8) is 0 Å². The molecule has 0 aliphatic heterocycles. The van der Waals surface area contributed by atoms with Crippen LogP contribution in [-0.4, -0.2) is 17.1 Å². The van der Waals surface area contributed by atoms with E-state index in [4.69, 9.17) is 27.9 Å². The van der Waals surface area contributed by atoms with Crippen molar-refractivity contribution in [2.75, 3.05) is 7.11 Å². The molecule has 0 radical (unpaired) electrons. The van der Waals surface area contributed by atoms with Crippen LogP contribution in [0.1, 0.15) is 5.69 Å². The Morgan fingerprint density at radius 2 is 1.77 bits per heavy atom. The zero-order valence-corrected chi connectivity index (χ0v) is 13.7. The van der Waals surface area contributed by atoms with Gasteiger partial charge in [-0.3, -0.25) is 0 Å². The number of methoxy groups -OCH3 is 1. The first kappa shape index (κ1) is 14.9. The molecule has 0 spiro atoms. The van der Waals surface area contributed by atoms with E-state index in [1.54, 1.807) is 13.2 Å². The van der Waals surface area contributed by atoms with E-state index in [1.165, 1.54) is 0 Å². The molecule has 0 unspecified atom stereocenters. The molecule has 1 aromatic heterocycles. The molecule has 0 bridgehead atoms. The minimum Gasteiger partial charge on any atom is -0.497 e. The topological polar surface area (TPSA) is 37.9 Å². The van der Waals surface area contributed by atoms with Gasteiger partial charge in [-0.25, -0.2) is 4.98 Å². The summed E-state index contributed by atoms with van der Waals surface area (Å²) in [5, 5.41) is 1.03. The zero-order chi connectivity index (χ0) is 15.7. The Labute approximate surface area is 138 Å².